The van der Waals surface area contributed by atoms with Crippen molar-refractivity contribution >= 4 is 11.9 Å². The van der Waals surface area contributed by atoms with Crippen LogP contribution in [-0.4, -0.2) is 69.3 Å². The molecule has 3 rings (SSSR count). The highest BCUT2D eigenvalue weighted by molar-refractivity contribution is 5.92. The molecule has 0 bridgehead atoms. The molecule has 1 aliphatic rings. The van der Waals surface area contributed by atoms with Crippen molar-refractivity contribution in [3.8, 4) is 5.69 Å². The van der Waals surface area contributed by atoms with Crippen LogP contribution in [0.5, 0.6) is 0 Å². The van der Waals surface area contributed by atoms with Gasteiger partial charge in [0.15, 0.2) is 5.69 Å². The number of carbonyl (C=O) groups excluding carboxylic acids is 1. The summed E-state index contributed by atoms with van der Waals surface area (Å²) in [7, 11) is 1.81. The van der Waals surface area contributed by atoms with E-state index >= 15 is 0 Å². The predicted octanol–water partition coefficient (Wildman–Crippen LogP) is 2.02. The molecule has 1 atom stereocenters. The first-order valence-corrected chi connectivity index (χ1v) is 8.97. The molecule has 0 saturated carbocycles. The van der Waals surface area contributed by atoms with Crippen molar-refractivity contribution in [3.05, 3.63) is 48.0 Å². The summed E-state index contributed by atoms with van der Waals surface area (Å²) in [5.74, 6) is -1.31. The van der Waals surface area contributed by atoms with E-state index in [1.807, 2.05) is 4.90 Å². The molecule has 7 nitrogen and oxygen atoms in total. The number of carboxylic acid groups (broad SMARTS) is 1. The molecule has 2 heterocycles. The predicted molar refractivity (Wildman–Crippen MR) is 97.3 cm³/mol. The van der Waals surface area contributed by atoms with Crippen LogP contribution < -0.4 is 0 Å². The van der Waals surface area contributed by atoms with Gasteiger partial charge in [-0.05, 0) is 56.6 Å². The molecule has 1 aromatic carbocycles. The zero-order valence-electron chi connectivity index (χ0n) is 15.2. The van der Waals surface area contributed by atoms with Gasteiger partial charge in [0.05, 0.1) is 12.2 Å². The average Bonchev–Trinajstić information content (AvgIpc) is 2.98. The monoisotopic (exact) mass is 374 g/mol. The van der Waals surface area contributed by atoms with Crippen molar-refractivity contribution in [1.29, 1.82) is 0 Å². The Kier molecular flexibility index (Phi) is 5.85. The van der Waals surface area contributed by atoms with Gasteiger partial charge < -0.3 is 10.0 Å². The minimum atomic E-state index is -0.846. The van der Waals surface area contributed by atoms with Crippen LogP contribution in [0.25, 0.3) is 5.69 Å². The molecule has 0 radical (unpaired) electrons. The van der Waals surface area contributed by atoms with Crippen LogP contribution in [0.15, 0.2) is 36.5 Å². The van der Waals surface area contributed by atoms with E-state index in [-0.39, 0.29) is 24.3 Å². The topological polar surface area (TPSA) is 78.7 Å². The van der Waals surface area contributed by atoms with Crippen molar-refractivity contribution < 1.29 is 19.1 Å². The molecule has 1 amide bonds. The third kappa shape index (κ3) is 4.71. The molecule has 0 aliphatic carbocycles. The first-order valence-electron chi connectivity index (χ1n) is 8.97. The van der Waals surface area contributed by atoms with Gasteiger partial charge in [-0.3, -0.25) is 14.5 Å². The van der Waals surface area contributed by atoms with E-state index in [4.69, 9.17) is 5.11 Å². The number of carboxylic acids is 1. The number of likely N-dealkylation sites (N-methyl/N-ethyl adjacent to an activating group) is 1. The number of benzene rings is 1. The number of carbonyl (C=O) groups is 2. The summed E-state index contributed by atoms with van der Waals surface area (Å²) >= 11 is 0. The molecule has 1 unspecified atom stereocenters. The van der Waals surface area contributed by atoms with E-state index in [1.54, 1.807) is 41.0 Å². The third-order valence-corrected chi connectivity index (χ3v) is 4.89. The Morgan fingerprint density at radius 2 is 1.96 bits per heavy atom. The average molecular weight is 374 g/mol. The number of hydrogen-bond donors (Lipinski definition) is 1. The lowest BCUT2D eigenvalue weighted by Gasteiger charge is -2.25. The Morgan fingerprint density at radius 3 is 2.67 bits per heavy atom. The third-order valence-electron chi connectivity index (χ3n) is 4.89. The van der Waals surface area contributed by atoms with Gasteiger partial charge in [0.2, 0.25) is 0 Å². The van der Waals surface area contributed by atoms with Crippen molar-refractivity contribution in [1.82, 2.24) is 19.6 Å². The fourth-order valence-corrected chi connectivity index (χ4v) is 3.40. The molecule has 144 valence electrons. The minimum Gasteiger partial charge on any atom is -0.480 e. The van der Waals surface area contributed by atoms with Crippen molar-refractivity contribution in [2.75, 3.05) is 26.7 Å². The fraction of sp³-hybridized carbons (Fsp3) is 0.421. The van der Waals surface area contributed by atoms with Gasteiger partial charge >= 0.3 is 5.97 Å². The SMILES string of the molecule is CN(CC(=O)O)C1CCCN(C(=O)c2ccn(-c3ccc(F)cc3)n2)CC1. The fourth-order valence-electron chi connectivity index (χ4n) is 3.40. The second kappa shape index (κ2) is 8.30. The van der Waals surface area contributed by atoms with Crippen LogP contribution in [0.3, 0.4) is 0 Å². The second-order valence-electron chi connectivity index (χ2n) is 6.81. The highest BCUT2D eigenvalue weighted by Crippen LogP contribution is 2.18. The van der Waals surface area contributed by atoms with Crippen LogP contribution in [0.4, 0.5) is 4.39 Å². The van der Waals surface area contributed by atoms with Crippen molar-refractivity contribution in [2.24, 2.45) is 0 Å². The van der Waals surface area contributed by atoms with E-state index in [1.165, 1.54) is 12.1 Å². The molecule has 1 fully saturated rings. The Hall–Kier alpha value is -2.74. The molecule has 1 aliphatic heterocycles. The lowest BCUT2D eigenvalue weighted by molar-refractivity contribution is -0.138. The van der Waals surface area contributed by atoms with Gasteiger partial charge in [0.25, 0.3) is 5.91 Å². The molecule has 2 aromatic rings. The molecular formula is C19H23FN4O3. The van der Waals surface area contributed by atoms with Gasteiger partial charge in [0.1, 0.15) is 5.82 Å². The Labute approximate surface area is 157 Å². The summed E-state index contributed by atoms with van der Waals surface area (Å²) in [5.41, 5.74) is 1.03. The highest BCUT2D eigenvalue weighted by atomic mass is 19.1. The van der Waals surface area contributed by atoms with Gasteiger partial charge in [-0.25, -0.2) is 9.07 Å². The summed E-state index contributed by atoms with van der Waals surface area (Å²) in [4.78, 5) is 27.3. The van der Waals surface area contributed by atoms with Crippen LogP contribution in [0.1, 0.15) is 29.8 Å². The first-order chi connectivity index (χ1) is 12.9. The number of aliphatic carboxylic acids is 1. The van der Waals surface area contributed by atoms with E-state index in [0.29, 0.717) is 24.5 Å². The highest BCUT2D eigenvalue weighted by Gasteiger charge is 2.25. The van der Waals surface area contributed by atoms with Crippen LogP contribution in [0, 0.1) is 5.82 Å². The summed E-state index contributed by atoms with van der Waals surface area (Å²) < 4.78 is 14.6. The summed E-state index contributed by atoms with van der Waals surface area (Å²) in [6.45, 7) is 1.19. The zero-order chi connectivity index (χ0) is 19.4. The molecule has 1 saturated heterocycles. The molecule has 1 N–H and O–H groups in total. The first kappa shape index (κ1) is 19.0. The normalized spacial score (nSPS) is 17.7. The Morgan fingerprint density at radius 1 is 1.22 bits per heavy atom. The maximum absolute atomic E-state index is 13.0. The van der Waals surface area contributed by atoms with E-state index in [2.05, 4.69) is 5.10 Å². The summed E-state index contributed by atoms with van der Waals surface area (Å²) in [6, 6.07) is 7.71. The Balaban J connectivity index is 1.64. The molecule has 8 heteroatoms. The van der Waals surface area contributed by atoms with Crippen molar-refractivity contribution in [3.63, 3.8) is 0 Å². The lowest BCUT2D eigenvalue weighted by atomic mass is 10.1. The largest absolute Gasteiger partial charge is 0.480 e. The molecule has 0 spiro atoms. The van der Waals surface area contributed by atoms with Gasteiger partial charge in [-0.1, -0.05) is 0 Å². The van der Waals surface area contributed by atoms with Crippen LogP contribution in [0.2, 0.25) is 0 Å². The maximum Gasteiger partial charge on any atom is 0.317 e. The summed E-state index contributed by atoms with van der Waals surface area (Å²) in [6.07, 6.45) is 4.09. The van der Waals surface area contributed by atoms with E-state index in [9.17, 15) is 14.0 Å². The van der Waals surface area contributed by atoms with E-state index in [0.717, 1.165) is 19.3 Å². The molecular weight excluding hydrogens is 351 g/mol. The van der Waals surface area contributed by atoms with E-state index < -0.39 is 5.97 Å². The second-order valence-corrected chi connectivity index (χ2v) is 6.81. The number of nitrogens with zero attached hydrogens (tertiary/aromatic N) is 4. The smallest absolute Gasteiger partial charge is 0.317 e. The van der Waals surface area contributed by atoms with Gasteiger partial charge in [-0.2, -0.15) is 5.10 Å². The van der Waals surface area contributed by atoms with Crippen LogP contribution in [-0.2, 0) is 4.79 Å². The quantitative estimate of drug-likeness (QED) is 0.866. The maximum atomic E-state index is 13.0. The number of hydrogen-bond acceptors (Lipinski definition) is 4. The summed E-state index contributed by atoms with van der Waals surface area (Å²) in [5, 5.41) is 13.3. The van der Waals surface area contributed by atoms with Crippen LogP contribution >= 0.6 is 0 Å². The number of aromatic nitrogens is 2. The Bertz CT molecular complexity index is 806. The number of halogens is 1. The zero-order valence-corrected chi connectivity index (χ0v) is 15.2. The molecule has 1 aromatic heterocycles. The van der Waals surface area contributed by atoms with Gasteiger partial charge in [-0.15, -0.1) is 0 Å². The lowest BCUT2D eigenvalue weighted by Crippen LogP contribution is -2.37. The number of likely N-dealkylation sites (tertiary alicyclic amines) is 1. The van der Waals surface area contributed by atoms with Gasteiger partial charge in [0, 0.05) is 25.3 Å². The number of rotatable bonds is 5. The molecule has 27 heavy (non-hydrogen) atoms. The number of amides is 1. The van der Waals surface area contributed by atoms with Crippen molar-refractivity contribution in [2.45, 2.75) is 25.3 Å². The minimum absolute atomic E-state index is 0.000684. The standard InChI is InChI=1S/C19H23FN4O3/c1-22(13-18(25)26)15-3-2-10-23(11-8-15)19(27)17-9-12-24(21-17)16-6-4-14(20)5-7-16/h4-7,9,12,15H,2-3,8,10-11,13H2,1H3,(H,25,26).